The standard InChI is InChI=1S/C22H25N5/c1-3-7-21-23-13-19-15-27(11-10-20(19)26-21)14-18-12-24-22(25-16(18)2)17-8-5-4-6-9-17/h4-6,8-9,12-13H,3,7,10-11,14-15H2,1-2H3. The second-order valence-electron chi connectivity index (χ2n) is 7.14. The molecule has 0 bridgehead atoms. The van der Waals surface area contributed by atoms with Crippen LogP contribution in [0.5, 0.6) is 0 Å². The lowest BCUT2D eigenvalue weighted by Crippen LogP contribution is -2.31. The molecule has 5 heteroatoms. The maximum absolute atomic E-state index is 4.74. The van der Waals surface area contributed by atoms with Gasteiger partial charge in [0.2, 0.25) is 0 Å². The molecule has 2 aromatic heterocycles. The largest absolute Gasteiger partial charge is 0.294 e. The predicted octanol–water partition coefficient (Wildman–Crippen LogP) is 3.75. The minimum Gasteiger partial charge on any atom is -0.294 e. The molecule has 0 saturated heterocycles. The molecular formula is C22H25N5. The van der Waals surface area contributed by atoms with Crippen molar-refractivity contribution in [3.8, 4) is 11.4 Å². The van der Waals surface area contributed by atoms with E-state index >= 15 is 0 Å². The van der Waals surface area contributed by atoms with Crippen LogP contribution in [0.15, 0.2) is 42.7 Å². The number of fused-ring (bicyclic) bond motifs is 1. The Kier molecular flexibility index (Phi) is 5.21. The van der Waals surface area contributed by atoms with Crippen molar-refractivity contribution in [1.82, 2.24) is 24.8 Å². The Hall–Kier alpha value is -2.66. The van der Waals surface area contributed by atoms with Crippen molar-refractivity contribution in [3.05, 3.63) is 71.1 Å². The fourth-order valence-electron chi connectivity index (χ4n) is 3.51. The number of benzene rings is 1. The van der Waals surface area contributed by atoms with Crippen molar-refractivity contribution >= 4 is 0 Å². The molecule has 0 saturated carbocycles. The quantitative estimate of drug-likeness (QED) is 0.694. The summed E-state index contributed by atoms with van der Waals surface area (Å²) in [5.41, 5.74) is 5.75. The van der Waals surface area contributed by atoms with Gasteiger partial charge in [-0.25, -0.2) is 19.9 Å². The minimum absolute atomic E-state index is 0.790. The Morgan fingerprint density at radius 3 is 2.67 bits per heavy atom. The van der Waals surface area contributed by atoms with Crippen LogP contribution < -0.4 is 0 Å². The lowest BCUT2D eigenvalue weighted by Gasteiger charge is -2.28. The van der Waals surface area contributed by atoms with Crippen LogP contribution in [-0.4, -0.2) is 31.4 Å². The summed E-state index contributed by atoms with van der Waals surface area (Å²) in [6.07, 6.45) is 7.02. The average molecular weight is 359 g/mol. The molecule has 0 atom stereocenters. The summed E-state index contributed by atoms with van der Waals surface area (Å²) >= 11 is 0. The number of hydrogen-bond donors (Lipinski definition) is 0. The third-order valence-electron chi connectivity index (χ3n) is 5.04. The highest BCUT2D eigenvalue weighted by Crippen LogP contribution is 2.21. The molecule has 0 amide bonds. The molecule has 3 heterocycles. The number of aromatic nitrogens is 4. The fourth-order valence-corrected chi connectivity index (χ4v) is 3.51. The van der Waals surface area contributed by atoms with Gasteiger partial charge in [0, 0.05) is 72.9 Å². The summed E-state index contributed by atoms with van der Waals surface area (Å²) in [5.74, 6) is 1.77. The molecule has 5 nitrogen and oxygen atoms in total. The van der Waals surface area contributed by atoms with Gasteiger partial charge in [-0.1, -0.05) is 37.3 Å². The summed E-state index contributed by atoms with van der Waals surface area (Å²) in [5, 5.41) is 0. The second kappa shape index (κ2) is 7.92. The normalized spacial score (nSPS) is 14.1. The monoisotopic (exact) mass is 359 g/mol. The number of nitrogens with zero attached hydrogens (tertiary/aromatic N) is 5. The lowest BCUT2D eigenvalue weighted by molar-refractivity contribution is 0.241. The van der Waals surface area contributed by atoms with Crippen LogP contribution in [0, 0.1) is 6.92 Å². The Labute approximate surface area is 160 Å². The molecule has 0 unspecified atom stereocenters. The van der Waals surface area contributed by atoms with Gasteiger partial charge in [0.1, 0.15) is 5.82 Å². The molecule has 0 spiro atoms. The molecule has 138 valence electrons. The topological polar surface area (TPSA) is 54.8 Å². The highest BCUT2D eigenvalue weighted by atomic mass is 15.1. The van der Waals surface area contributed by atoms with Crippen LogP contribution in [0.25, 0.3) is 11.4 Å². The van der Waals surface area contributed by atoms with Gasteiger partial charge < -0.3 is 0 Å². The van der Waals surface area contributed by atoms with E-state index in [0.29, 0.717) is 0 Å². The zero-order valence-corrected chi connectivity index (χ0v) is 16.0. The van der Waals surface area contributed by atoms with E-state index in [1.54, 1.807) is 0 Å². The molecule has 0 fully saturated rings. The SMILES string of the molecule is CCCc1ncc2c(n1)CCN(Cc1cnc(-c3ccccc3)nc1C)C2. The molecule has 0 aliphatic carbocycles. The van der Waals surface area contributed by atoms with Gasteiger partial charge in [0.05, 0.1) is 0 Å². The molecule has 4 rings (SSSR count). The van der Waals surface area contributed by atoms with Crippen molar-refractivity contribution in [3.63, 3.8) is 0 Å². The van der Waals surface area contributed by atoms with Crippen LogP contribution >= 0.6 is 0 Å². The van der Waals surface area contributed by atoms with Gasteiger partial charge in [-0.3, -0.25) is 4.90 Å². The van der Waals surface area contributed by atoms with Crippen LogP contribution in [0.4, 0.5) is 0 Å². The van der Waals surface area contributed by atoms with E-state index in [4.69, 9.17) is 9.97 Å². The molecule has 1 aromatic carbocycles. The van der Waals surface area contributed by atoms with Gasteiger partial charge in [-0.2, -0.15) is 0 Å². The first-order valence-corrected chi connectivity index (χ1v) is 9.67. The van der Waals surface area contributed by atoms with Gasteiger partial charge in [-0.05, 0) is 13.3 Å². The Bertz CT molecular complexity index is 923. The van der Waals surface area contributed by atoms with Crippen molar-refractivity contribution in [2.45, 2.75) is 46.2 Å². The third-order valence-corrected chi connectivity index (χ3v) is 5.04. The summed E-state index contributed by atoms with van der Waals surface area (Å²) in [6.45, 7) is 6.99. The molecule has 27 heavy (non-hydrogen) atoms. The highest BCUT2D eigenvalue weighted by Gasteiger charge is 2.19. The van der Waals surface area contributed by atoms with Gasteiger partial charge in [0.15, 0.2) is 5.82 Å². The zero-order valence-electron chi connectivity index (χ0n) is 16.0. The van der Waals surface area contributed by atoms with Crippen molar-refractivity contribution < 1.29 is 0 Å². The third kappa shape index (κ3) is 4.03. The maximum Gasteiger partial charge on any atom is 0.159 e. The first-order chi connectivity index (χ1) is 13.2. The number of aryl methyl sites for hydroxylation is 2. The Morgan fingerprint density at radius 1 is 1.04 bits per heavy atom. The smallest absolute Gasteiger partial charge is 0.159 e. The molecule has 1 aliphatic rings. The molecule has 1 aliphatic heterocycles. The van der Waals surface area contributed by atoms with E-state index in [2.05, 4.69) is 28.7 Å². The van der Waals surface area contributed by atoms with E-state index < -0.39 is 0 Å². The zero-order chi connectivity index (χ0) is 18.6. The van der Waals surface area contributed by atoms with E-state index in [9.17, 15) is 0 Å². The van der Waals surface area contributed by atoms with Gasteiger partial charge in [0.25, 0.3) is 0 Å². The fraction of sp³-hybridized carbons (Fsp3) is 0.364. The van der Waals surface area contributed by atoms with Gasteiger partial charge >= 0.3 is 0 Å². The van der Waals surface area contributed by atoms with E-state index in [0.717, 1.165) is 61.8 Å². The predicted molar refractivity (Wildman–Crippen MR) is 106 cm³/mol. The van der Waals surface area contributed by atoms with Crippen LogP contribution in [0.1, 0.15) is 41.7 Å². The minimum atomic E-state index is 0.790. The van der Waals surface area contributed by atoms with Crippen molar-refractivity contribution in [2.24, 2.45) is 0 Å². The first kappa shape index (κ1) is 17.7. The van der Waals surface area contributed by atoms with Gasteiger partial charge in [-0.15, -0.1) is 0 Å². The summed E-state index contributed by atoms with van der Waals surface area (Å²) in [4.78, 5) is 21.0. The molecule has 0 N–H and O–H groups in total. The number of hydrogen-bond acceptors (Lipinski definition) is 5. The Morgan fingerprint density at radius 2 is 1.89 bits per heavy atom. The molecule has 0 radical (unpaired) electrons. The summed E-state index contributed by atoms with van der Waals surface area (Å²) < 4.78 is 0. The summed E-state index contributed by atoms with van der Waals surface area (Å²) in [7, 11) is 0. The van der Waals surface area contributed by atoms with Crippen LogP contribution in [0.3, 0.4) is 0 Å². The molecule has 3 aromatic rings. The lowest BCUT2D eigenvalue weighted by atomic mass is 10.1. The van der Waals surface area contributed by atoms with Crippen molar-refractivity contribution in [1.29, 1.82) is 0 Å². The van der Waals surface area contributed by atoms with Crippen LogP contribution in [0.2, 0.25) is 0 Å². The highest BCUT2D eigenvalue weighted by molar-refractivity contribution is 5.54. The molecular weight excluding hydrogens is 334 g/mol. The van der Waals surface area contributed by atoms with Crippen LogP contribution in [-0.2, 0) is 25.9 Å². The number of rotatable bonds is 5. The van der Waals surface area contributed by atoms with E-state index in [1.807, 2.05) is 42.7 Å². The second-order valence-corrected chi connectivity index (χ2v) is 7.14. The van der Waals surface area contributed by atoms with E-state index in [1.165, 1.54) is 16.8 Å². The summed E-state index contributed by atoms with van der Waals surface area (Å²) in [6, 6.07) is 10.1. The average Bonchev–Trinajstić information content (AvgIpc) is 2.70. The first-order valence-electron chi connectivity index (χ1n) is 9.67. The Balaban J connectivity index is 1.47. The maximum atomic E-state index is 4.74. The van der Waals surface area contributed by atoms with Crippen molar-refractivity contribution in [2.75, 3.05) is 6.54 Å². The van der Waals surface area contributed by atoms with E-state index in [-0.39, 0.29) is 0 Å².